The minimum atomic E-state index is -0.406. The summed E-state index contributed by atoms with van der Waals surface area (Å²) >= 11 is 1.48. The molecule has 1 atom stereocenters. The van der Waals surface area contributed by atoms with Crippen LogP contribution in [0.15, 0.2) is 48.7 Å². The highest BCUT2D eigenvalue weighted by Crippen LogP contribution is 2.42. The van der Waals surface area contributed by atoms with E-state index >= 15 is 0 Å². The van der Waals surface area contributed by atoms with E-state index in [2.05, 4.69) is 4.98 Å². The first-order valence-electron chi connectivity index (χ1n) is 6.74. The van der Waals surface area contributed by atoms with Gasteiger partial charge in [-0.3, -0.25) is 9.69 Å². The molecule has 0 N–H and O–H groups in total. The number of rotatable bonds is 3. The molecular formula is C16H14N2O3S. The van der Waals surface area contributed by atoms with Gasteiger partial charge in [0.05, 0.1) is 18.4 Å². The molecule has 22 heavy (non-hydrogen) atoms. The van der Waals surface area contributed by atoms with Crippen molar-refractivity contribution in [2.24, 2.45) is 0 Å². The molecule has 1 fully saturated rings. The fraction of sp³-hybridized carbons (Fsp3) is 0.188. The second kappa shape index (κ2) is 6.19. The lowest BCUT2D eigenvalue weighted by molar-refractivity contribution is -0.115. The Bertz CT molecular complexity index is 706. The fourth-order valence-electron chi connectivity index (χ4n) is 2.41. The zero-order chi connectivity index (χ0) is 15.5. The Hall–Kier alpha value is -2.34. The molecule has 2 heterocycles. The molecule has 1 aromatic carbocycles. The Kier molecular flexibility index (Phi) is 4.11. The summed E-state index contributed by atoms with van der Waals surface area (Å²) in [6, 6.07) is 12.6. The Morgan fingerprint density at radius 2 is 2.05 bits per heavy atom. The normalized spacial score (nSPS) is 17.6. The molecule has 1 unspecified atom stereocenters. The summed E-state index contributed by atoms with van der Waals surface area (Å²) in [5, 5.41) is -0.280. The van der Waals surface area contributed by atoms with E-state index in [9.17, 15) is 9.59 Å². The van der Waals surface area contributed by atoms with Gasteiger partial charge in [-0.25, -0.2) is 9.78 Å². The minimum Gasteiger partial charge on any atom is -0.465 e. The molecule has 5 nitrogen and oxygen atoms in total. The van der Waals surface area contributed by atoms with Crippen LogP contribution < -0.4 is 4.90 Å². The van der Waals surface area contributed by atoms with E-state index in [1.54, 1.807) is 35.4 Å². The first kappa shape index (κ1) is 14.6. The van der Waals surface area contributed by atoms with Crippen molar-refractivity contribution in [3.8, 4) is 0 Å². The lowest BCUT2D eigenvalue weighted by atomic mass is 10.1. The first-order chi connectivity index (χ1) is 10.7. The molecule has 112 valence electrons. The van der Waals surface area contributed by atoms with Gasteiger partial charge in [-0.05, 0) is 23.8 Å². The SMILES string of the molecule is COC(=O)c1ccccc1C1SCC(=O)N1c1ccccn1. The molecule has 1 saturated heterocycles. The average molecular weight is 314 g/mol. The van der Waals surface area contributed by atoms with Crippen molar-refractivity contribution in [3.05, 3.63) is 59.8 Å². The molecule has 1 aliphatic heterocycles. The van der Waals surface area contributed by atoms with Crippen LogP contribution in [0.5, 0.6) is 0 Å². The van der Waals surface area contributed by atoms with Crippen LogP contribution in [0.25, 0.3) is 0 Å². The van der Waals surface area contributed by atoms with E-state index in [4.69, 9.17) is 4.74 Å². The van der Waals surface area contributed by atoms with E-state index in [1.165, 1.54) is 18.9 Å². The molecule has 1 amide bonds. The van der Waals surface area contributed by atoms with Crippen molar-refractivity contribution in [2.45, 2.75) is 5.37 Å². The largest absolute Gasteiger partial charge is 0.465 e. The van der Waals surface area contributed by atoms with Gasteiger partial charge in [0.25, 0.3) is 0 Å². The van der Waals surface area contributed by atoms with E-state index in [1.807, 2.05) is 18.2 Å². The average Bonchev–Trinajstić information content (AvgIpc) is 2.96. The summed E-state index contributed by atoms with van der Waals surface area (Å²) < 4.78 is 4.84. The Morgan fingerprint density at radius 3 is 2.77 bits per heavy atom. The Labute approximate surface area is 132 Å². The van der Waals surface area contributed by atoms with Crippen molar-refractivity contribution < 1.29 is 14.3 Å². The maximum Gasteiger partial charge on any atom is 0.338 e. The van der Waals surface area contributed by atoms with Crippen molar-refractivity contribution in [3.63, 3.8) is 0 Å². The van der Waals surface area contributed by atoms with Crippen LogP contribution in [0.3, 0.4) is 0 Å². The van der Waals surface area contributed by atoms with Crippen LogP contribution in [0.1, 0.15) is 21.3 Å². The number of ether oxygens (including phenoxy) is 1. The van der Waals surface area contributed by atoms with E-state index < -0.39 is 5.97 Å². The van der Waals surface area contributed by atoms with Crippen LogP contribution in [-0.4, -0.2) is 29.7 Å². The van der Waals surface area contributed by atoms with Crippen LogP contribution in [0.4, 0.5) is 5.82 Å². The van der Waals surface area contributed by atoms with Crippen LogP contribution in [0.2, 0.25) is 0 Å². The highest BCUT2D eigenvalue weighted by molar-refractivity contribution is 8.00. The lowest BCUT2D eigenvalue weighted by Gasteiger charge is -2.24. The Balaban J connectivity index is 2.04. The molecule has 3 rings (SSSR count). The number of pyridine rings is 1. The van der Waals surface area contributed by atoms with Crippen LogP contribution >= 0.6 is 11.8 Å². The number of carbonyl (C=O) groups excluding carboxylic acids is 2. The maximum atomic E-state index is 12.3. The number of carbonyl (C=O) groups is 2. The van der Waals surface area contributed by atoms with Gasteiger partial charge in [-0.15, -0.1) is 11.8 Å². The van der Waals surface area contributed by atoms with Gasteiger partial charge in [0.15, 0.2) is 0 Å². The number of anilines is 1. The number of methoxy groups -OCH3 is 1. The fourth-order valence-corrected chi connectivity index (χ4v) is 3.61. The molecule has 1 aliphatic rings. The third-order valence-electron chi connectivity index (χ3n) is 3.40. The number of benzene rings is 1. The van der Waals surface area contributed by atoms with E-state index in [-0.39, 0.29) is 11.3 Å². The standard InChI is InChI=1S/C16H14N2O3S/c1-21-16(20)12-7-3-2-6-11(12)15-18(14(19)10-22-15)13-8-4-5-9-17-13/h2-9,15H,10H2,1H3. The summed E-state index contributed by atoms with van der Waals surface area (Å²) in [5.74, 6) is 0.517. The van der Waals surface area contributed by atoms with Crippen molar-refractivity contribution >= 4 is 29.5 Å². The summed E-state index contributed by atoms with van der Waals surface area (Å²) in [4.78, 5) is 30.1. The number of hydrogen-bond donors (Lipinski definition) is 0. The molecule has 6 heteroatoms. The maximum absolute atomic E-state index is 12.3. The van der Waals surface area contributed by atoms with Crippen molar-refractivity contribution in [2.75, 3.05) is 17.8 Å². The molecular weight excluding hydrogens is 300 g/mol. The second-order valence-electron chi connectivity index (χ2n) is 4.69. The van der Waals surface area contributed by atoms with Crippen LogP contribution in [-0.2, 0) is 9.53 Å². The quantitative estimate of drug-likeness (QED) is 0.815. The predicted molar refractivity (Wildman–Crippen MR) is 84.7 cm³/mol. The molecule has 0 saturated carbocycles. The summed E-state index contributed by atoms with van der Waals surface area (Å²) in [5.41, 5.74) is 1.23. The third-order valence-corrected chi connectivity index (χ3v) is 4.59. The van der Waals surface area contributed by atoms with Gasteiger partial charge < -0.3 is 4.74 Å². The minimum absolute atomic E-state index is 0.0200. The number of nitrogens with zero attached hydrogens (tertiary/aromatic N) is 2. The highest BCUT2D eigenvalue weighted by Gasteiger charge is 2.36. The number of esters is 1. The van der Waals surface area contributed by atoms with Crippen molar-refractivity contribution in [1.29, 1.82) is 0 Å². The summed E-state index contributed by atoms with van der Waals surface area (Å²) in [6.07, 6.45) is 1.65. The van der Waals surface area contributed by atoms with Gasteiger partial charge in [0.2, 0.25) is 5.91 Å². The lowest BCUT2D eigenvalue weighted by Crippen LogP contribution is -2.29. The number of hydrogen-bond acceptors (Lipinski definition) is 5. The van der Waals surface area contributed by atoms with E-state index in [0.717, 1.165) is 5.56 Å². The van der Waals surface area contributed by atoms with Gasteiger partial charge in [-0.2, -0.15) is 0 Å². The van der Waals surface area contributed by atoms with Crippen molar-refractivity contribution in [1.82, 2.24) is 4.98 Å². The second-order valence-corrected chi connectivity index (χ2v) is 5.76. The van der Waals surface area contributed by atoms with Gasteiger partial charge >= 0.3 is 5.97 Å². The highest BCUT2D eigenvalue weighted by atomic mass is 32.2. The first-order valence-corrected chi connectivity index (χ1v) is 7.79. The molecule has 1 aromatic heterocycles. The monoisotopic (exact) mass is 314 g/mol. The molecule has 0 aliphatic carbocycles. The molecule has 0 spiro atoms. The predicted octanol–water partition coefficient (Wildman–Crippen LogP) is 2.65. The number of aromatic nitrogens is 1. The van der Waals surface area contributed by atoms with Gasteiger partial charge in [-0.1, -0.05) is 24.3 Å². The number of amides is 1. The van der Waals surface area contributed by atoms with E-state index in [0.29, 0.717) is 17.1 Å². The summed E-state index contributed by atoms with van der Waals surface area (Å²) in [7, 11) is 1.35. The Morgan fingerprint density at radius 1 is 1.27 bits per heavy atom. The number of thioether (sulfide) groups is 1. The zero-order valence-corrected chi connectivity index (χ0v) is 12.7. The molecule has 0 bridgehead atoms. The molecule has 2 aromatic rings. The van der Waals surface area contributed by atoms with Gasteiger partial charge in [0, 0.05) is 6.20 Å². The zero-order valence-electron chi connectivity index (χ0n) is 11.9. The summed E-state index contributed by atoms with van der Waals surface area (Å²) in [6.45, 7) is 0. The van der Waals surface area contributed by atoms with Crippen LogP contribution in [0, 0.1) is 0 Å². The third kappa shape index (κ3) is 2.57. The molecule has 0 radical (unpaired) electrons. The topological polar surface area (TPSA) is 59.5 Å². The van der Waals surface area contributed by atoms with Gasteiger partial charge in [0.1, 0.15) is 11.2 Å². The smallest absolute Gasteiger partial charge is 0.338 e.